The van der Waals surface area contributed by atoms with Crippen LogP contribution < -0.4 is 20.7 Å². The molecule has 4 rings (SSSR count). The molecule has 0 aliphatic carbocycles. The van der Waals surface area contributed by atoms with Crippen LogP contribution in [0.15, 0.2) is 43.1 Å². The highest BCUT2D eigenvalue weighted by Crippen LogP contribution is 2.36. The third-order valence-corrected chi connectivity index (χ3v) is 6.29. The second-order valence-electron chi connectivity index (χ2n) is 8.92. The van der Waals surface area contributed by atoms with E-state index in [0.717, 1.165) is 12.2 Å². The Morgan fingerprint density at radius 3 is 2.68 bits per heavy atom. The van der Waals surface area contributed by atoms with Gasteiger partial charge in [-0.15, -0.1) is 0 Å². The molecule has 0 saturated heterocycles. The normalized spacial score (nSPS) is 11.0. The van der Waals surface area contributed by atoms with Crippen LogP contribution in [0.2, 0.25) is 5.02 Å². The Hall–Kier alpha value is -4.53. The molecule has 2 aromatic heterocycles. The van der Waals surface area contributed by atoms with Gasteiger partial charge < -0.3 is 25.6 Å². The predicted molar refractivity (Wildman–Crippen MR) is 150 cm³/mol. The molecule has 0 fully saturated rings. The molecule has 4 aromatic rings. The molecule has 0 aliphatic heterocycles. The van der Waals surface area contributed by atoms with Crippen LogP contribution in [0.25, 0.3) is 22.4 Å². The van der Waals surface area contributed by atoms with E-state index in [1.165, 1.54) is 13.3 Å². The summed E-state index contributed by atoms with van der Waals surface area (Å²) in [5.41, 5.74) is 9.38. The molecular formula is C26H28ClN9O2. The zero-order valence-electron chi connectivity index (χ0n) is 21.5. The molecule has 0 saturated carbocycles. The monoisotopic (exact) mass is 533 g/mol. The van der Waals surface area contributed by atoms with Crippen molar-refractivity contribution in [2.24, 2.45) is 0 Å². The number of hydrogen-bond acceptors (Lipinski definition) is 8. The number of methoxy groups -OCH3 is 1. The van der Waals surface area contributed by atoms with E-state index in [1.54, 1.807) is 34.9 Å². The first-order valence-corrected chi connectivity index (χ1v) is 12.0. The van der Waals surface area contributed by atoms with Crippen LogP contribution in [0, 0.1) is 11.3 Å². The number of hydrogen-bond donors (Lipinski definition) is 3. The Bertz CT molecular complexity index is 1560. The number of halogens is 1. The summed E-state index contributed by atoms with van der Waals surface area (Å²) in [6, 6.07) is 10.6. The highest BCUT2D eigenvalue weighted by molar-refractivity contribution is 6.32. The van der Waals surface area contributed by atoms with Crippen molar-refractivity contribution in [3.05, 3.63) is 59.5 Å². The molecule has 12 heteroatoms. The van der Waals surface area contributed by atoms with E-state index in [-0.39, 0.29) is 11.4 Å². The minimum absolute atomic E-state index is 0.0710. The number of ether oxygens (including phenoxy) is 1. The molecule has 38 heavy (non-hydrogen) atoms. The molecule has 2 aromatic carbocycles. The largest absolute Gasteiger partial charge is 0.495 e. The second kappa shape index (κ2) is 10.8. The summed E-state index contributed by atoms with van der Waals surface area (Å²) < 4.78 is 7.03. The number of likely N-dealkylation sites (N-methyl/N-ethyl adjacent to an activating group) is 2. The number of rotatable bonds is 9. The van der Waals surface area contributed by atoms with Gasteiger partial charge in [0.05, 0.1) is 58.6 Å². The van der Waals surface area contributed by atoms with Crippen molar-refractivity contribution in [2.45, 2.75) is 0 Å². The maximum atomic E-state index is 13.6. The lowest BCUT2D eigenvalue weighted by molar-refractivity contribution is -0.111. The number of carbonyl (C=O) groups excluding carboxylic acids is 1. The minimum Gasteiger partial charge on any atom is -0.495 e. The number of nitriles is 1. The Balaban J connectivity index is 1.75. The van der Waals surface area contributed by atoms with E-state index in [9.17, 15) is 10.1 Å². The maximum Gasteiger partial charge on any atom is 0.258 e. The lowest BCUT2D eigenvalue weighted by Gasteiger charge is -2.25. The van der Waals surface area contributed by atoms with Crippen molar-refractivity contribution in [2.75, 3.05) is 57.3 Å². The average molecular weight is 534 g/mol. The third-order valence-electron chi connectivity index (χ3n) is 6.02. The molecule has 0 radical (unpaired) electrons. The fraction of sp³-hybridized carbons (Fsp3) is 0.231. The highest BCUT2D eigenvalue weighted by atomic mass is 35.5. The molecule has 4 N–H and O–H groups in total. The van der Waals surface area contributed by atoms with Gasteiger partial charge in [0.1, 0.15) is 10.8 Å². The van der Waals surface area contributed by atoms with Crippen molar-refractivity contribution in [3.63, 3.8) is 0 Å². The molecule has 2 heterocycles. The van der Waals surface area contributed by atoms with E-state index < -0.39 is 5.91 Å². The Kier molecular flexibility index (Phi) is 7.57. The SMILES string of the molecule is C=C(C(=O)Nc1cc(N)c(OC)cc1N(C)CCN(C)C)c1nc2ccc(C#N)cc2n1-c1[nH]ncc1Cl. The standard InChI is InChI=1S/C26H28ClN9O2/c1-15(24-31-19-7-6-16(13-28)10-22(19)36(24)25-17(27)14-30-33-25)26(37)32-20-11-18(29)23(38-5)12-21(20)35(4)9-8-34(2)3/h6-7,10-12,14H,1,8-9,29H2,2-5H3,(H,30,33)(H,32,37). The first kappa shape index (κ1) is 26.5. The van der Waals surface area contributed by atoms with Crippen LogP contribution in [0.4, 0.5) is 17.1 Å². The number of nitrogens with two attached hydrogens (primary N) is 1. The molecule has 11 nitrogen and oxygen atoms in total. The molecule has 0 atom stereocenters. The molecular weight excluding hydrogens is 506 g/mol. The van der Waals surface area contributed by atoms with Gasteiger partial charge in [-0.2, -0.15) is 10.4 Å². The summed E-state index contributed by atoms with van der Waals surface area (Å²) >= 11 is 6.37. The van der Waals surface area contributed by atoms with E-state index >= 15 is 0 Å². The van der Waals surface area contributed by atoms with Gasteiger partial charge in [0.25, 0.3) is 5.91 Å². The number of carbonyl (C=O) groups is 1. The van der Waals surface area contributed by atoms with Crippen molar-refractivity contribution >= 4 is 51.2 Å². The van der Waals surface area contributed by atoms with Gasteiger partial charge in [-0.3, -0.25) is 14.5 Å². The Morgan fingerprint density at radius 1 is 1.29 bits per heavy atom. The lowest BCUT2D eigenvalue weighted by atomic mass is 10.1. The van der Waals surface area contributed by atoms with Crippen LogP contribution >= 0.6 is 11.6 Å². The van der Waals surface area contributed by atoms with Crippen LogP contribution in [0.3, 0.4) is 0 Å². The van der Waals surface area contributed by atoms with Gasteiger partial charge in [0.2, 0.25) is 0 Å². The first-order chi connectivity index (χ1) is 18.1. The number of aromatic amines is 1. The molecule has 196 valence electrons. The van der Waals surface area contributed by atoms with Crippen LogP contribution in [-0.4, -0.2) is 71.9 Å². The number of fused-ring (bicyclic) bond motifs is 1. The Labute approximate surface area is 225 Å². The number of nitrogen functional groups attached to an aromatic ring is 1. The quantitative estimate of drug-likeness (QED) is 0.219. The summed E-state index contributed by atoms with van der Waals surface area (Å²) in [7, 11) is 7.44. The van der Waals surface area contributed by atoms with Crippen molar-refractivity contribution in [1.29, 1.82) is 5.26 Å². The molecule has 1 amide bonds. The summed E-state index contributed by atoms with van der Waals surface area (Å²) in [4.78, 5) is 22.2. The Morgan fingerprint density at radius 2 is 2.05 bits per heavy atom. The van der Waals surface area contributed by atoms with Crippen LogP contribution in [-0.2, 0) is 4.79 Å². The van der Waals surface area contributed by atoms with Crippen molar-refractivity contribution in [3.8, 4) is 17.6 Å². The summed E-state index contributed by atoms with van der Waals surface area (Å²) in [5.74, 6) is 0.635. The van der Waals surface area contributed by atoms with Gasteiger partial charge in [-0.25, -0.2) is 4.98 Å². The fourth-order valence-corrected chi connectivity index (χ4v) is 4.12. The van der Waals surface area contributed by atoms with E-state index in [0.29, 0.717) is 51.1 Å². The van der Waals surface area contributed by atoms with Crippen molar-refractivity contribution in [1.82, 2.24) is 24.6 Å². The topological polar surface area (TPSA) is 141 Å². The number of H-pyrrole nitrogens is 1. The van der Waals surface area contributed by atoms with Gasteiger partial charge in [-0.05, 0) is 38.4 Å². The predicted octanol–water partition coefficient (Wildman–Crippen LogP) is 3.51. The van der Waals surface area contributed by atoms with Gasteiger partial charge in [0.15, 0.2) is 11.6 Å². The van der Waals surface area contributed by atoms with Crippen LogP contribution in [0.1, 0.15) is 11.4 Å². The number of aromatic nitrogens is 4. The smallest absolute Gasteiger partial charge is 0.258 e. The molecule has 0 spiro atoms. The van der Waals surface area contributed by atoms with Gasteiger partial charge >= 0.3 is 0 Å². The number of benzene rings is 2. The average Bonchev–Trinajstić information content (AvgIpc) is 3.48. The number of amides is 1. The summed E-state index contributed by atoms with van der Waals surface area (Å²) in [6.45, 7) is 5.52. The molecule has 0 aliphatic rings. The number of imidazole rings is 1. The first-order valence-electron chi connectivity index (χ1n) is 11.6. The number of nitrogens with zero attached hydrogens (tertiary/aromatic N) is 6. The zero-order chi connectivity index (χ0) is 27.6. The van der Waals surface area contributed by atoms with E-state index in [1.807, 2.05) is 26.0 Å². The maximum absolute atomic E-state index is 13.6. The number of anilines is 3. The molecule has 0 bridgehead atoms. The van der Waals surface area contributed by atoms with E-state index in [2.05, 4.69) is 38.0 Å². The highest BCUT2D eigenvalue weighted by Gasteiger charge is 2.24. The zero-order valence-corrected chi connectivity index (χ0v) is 22.3. The third kappa shape index (κ3) is 5.13. The fourth-order valence-electron chi connectivity index (χ4n) is 3.94. The summed E-state index contributed by atoms with van der Waals surface area (Å²) in [6.07, 6.45) is 1.44. The van der Waals surface area contributed by atoms with Gasteiger partial charge in [0, 0.05) is 26.2 Å². The van der Waals surface area contributed by atoms with E-state index in [4.69, 9.17) is 22.1 Å². The number of nitrogens with one attached hydrogen (secondary N) is 2. The lowest BCUT2D eigenvalue weighted by Crippen LogP contribution is -2.29. The van der Waals surface area contributed by atoms with Crippen LogP contribution in [0.5, 0.6) is 5.75 Å². The van der Waals surface area contributed by atoms with Crippen molar-refractivity contribution < 1.29 is 9.53 Å². The van der Waals surface area contributed by atoms with Gasteiger partial charge in [-0.1, -0.05) is 18.2 Å². The molecule has 0 unspecified atom stereocenters. The summed E-state index contributed by atoms with van der Waals surface area (Å²) in [5, 5.41) is 19.5. The second-order valence-corrected chi connectivity index (χ2v) is 9.33. The minimum atomic E-state index is -0.496.